The largest absolute Gasteiger partial charge is 0.481 e. The van der Waals surface area contributed by atoms with Crippen molar-refractivity contribution < 1.29 is 9.90 Å². The molecule has 0 saturated heterocycles. The summed E-state index contributed by atoms with van der Waals surface area (Å²) >= 11 is 0. The van der Waals surface area contributed by atoms with Crippen LogP contribution >= 0.6 is 0 Å². The van der Waals surface area contributed by atoms with Gasteiger partial charge >= 0.3 is 5.97 Å². The lowest BCUT2D eigenvalue weighted by atomic mass is 10.1. The van der Waals surface area contributed by atoms with Crippen LogP contribution in [0.15, 0.2) is 4.79 Å². The summed E-state index contributed by atoms with van der Waals surface area (Å²) in [5, 5.41) is 8.63. The monoisotopic (exact) mass is 223 g/mol. The average molecular weight is 223 g/mol. The van der Waals surface area contributed by atoms with Gasteiger partial charge in [0.25, 0.3) is 5.56 Å². The molecule has 2 heterocycles. The Morgan fingerprint density at radius 2 is 2.38 bits per heavy atom. The number of hydrogen-bond donors (Lipinski definition) is 2. The van der Waals surface area contributed by atoms with E-state index in [0.29, 0.717) is 18.5 Å². The van der Waals surface area contributed by atoms with Gasteiger partial charge in [0.15, 0.2) is 0 Å². The van der Waals surface area contributed by atoms with Crippen LogP contribution in [0.25, 0.3) is 0 Å². The Morgan fingerprint density at radius 3 is 3.06 bits per heavy atom. The molecule has 0 saturated carbocycles. The molecule has 1 aromatic rings. The SMILES string of the molecule is CN1CCc2nc(CC(=O)O)[nH]c(=O)c2C1. The zero-order valence-electron chi connectivity index (χ0n) is 8.99. The summed E-state index contributed by atoms with van der Waals surface area (Å²) in [6.07, 6.45) is 0.459. The van der Waals surface area contributed by atoms with E-state index in [2.05, 4.69) is 9.97 Å². The van der Waals surface area contributed by atoms with Crippen molar-refractivity contribution in [3.05, 3.63) is 27.4 Å². The van der Waals surface area contributed by atoms with E-state index >= 15 is 0 Å². The Labute approximate surface area is 91.9 Å². The predicted octanol–water partition coefficient (Wildman–Crippen LogP) is -0.615. The lowest BCUT2D eigenvalue weighted by Crippen LogP contribution is -2.34. The topological polar surface area (TPSA) is 86.3 Å². The Balaban J connectivity index is 2.39. The molecule has 2 N–H and O–H groups in total. The van der Waals surface area contributed by atoms with Crippen molar-refractivity contribution in [2.45, 2.75) is 19.4 Å². The molecule has 0 atom stereocenters. The van der Waals surface area contributed by atoms with Gasteiger partial charge in [0.1, 0.15) is 12.2 Å². The number of aromatic amines is 1. The number of fused-ring (bicyclic) bond motifs is 1. The van der Waals surface area contributed by atoms with Gasteiger partial charge in [-0.25, -0.2) is 4.98 Å². The summed E-state index contributed by atoms with van der Waals surface area (Å²) < 4.78 is 0. The highest BCUT2D eigenvalue weighted by molar-refractivity contribution is 5.68. The van der Waals surface area contributed by atoms with Crippen LogP contribution in [-0.2, 0) is 24.2 Å². The molecular formula is C10H13N3O3. The van der Waals surface area contributed by atoms with E-state index < -0.39 is 5.97 Å². The summed E-state index contributed by atoms with van der Waals surface area (Å²) in [7, 11) is 1.94. The van der Waals surface area contributed by atoms with E-state index in [-0.39, 0.29) is 17.8 Å². The smallest absolute Gasteiger partial charge is 0.311 e. The van der Waals surface area contributed by atoms with E-state index in [9.17, 15) is 9.59 Å². The van der Waals surface area contributed by atoms with Gasteiger partial charge < -0.3 is 15.0 Å². The van der Waals surface area contributed by atoms with Crippen LogP contribution in [0.1, 0.15) is 17.1 Å². The summed E-state index contributed by atoms with van der Waals surface area (Å²) in [5.41, 5.74) is 1.17. The lowest BCUT2D eigenvalue weighted by molar-refractivity contribution is -0.136. The normalized spacial score (nSPS) is 15.8. The highest BCUT2D eigenvalue weighted by atomic mass is 16.4. The molecule has 0 unspecified atom stereocenters. The average Bonchev–Trinajstić information content (AvgIpc) is 2.18. The van der Waals surface area contributed by atoms with Crippen molar-refractivity contribution in [2.24, 2.45) is 0 Å². The molecule has 2 rings (SSSR count). The van der Waals surface area contributed by atoms with Gasteiger partial charge in [0.05, 0.1) is 11.3 Å². The zero-order valence-corrected chi connectivity index (χ0v) is 8.99. The third-order valence-corrected chi connectivity index (χ3v) is 2.63. The maximum Gasteiger partial charge on any atom is 0.311 e. The minimum Gasteiger partial charge on any atom is -0.481 e. The number of rotatable bonds is 2. The fraction of sp³-hybridized carbons (Fsp3) is 0.500. The van der Waals surface area contributed by atoms with Gasteiger partial charge in [-0.15, -0.1) is 0 Å². The fourth-order valence-corrected chi connectivity index (χ4v) is 1.84. The standard InChI is InChI=1S/C10H13N3O3/c1-13-3-2-7-6(5-13)10(16)12-8(11-7)4-9(14)15/h2-5H2,1H3,(H,14,15)(H,11,12,16). The Hall–Kier alpha value is -1.69. The molecule has 0 fully saturated rings. The molecule has 1 aromatic heterocycles. The van der Waals surface area contributed by atoms with Crippen LogP contribution in [0.3, 0.4) is 0 Å². The Kier molecular flexibility index (Phi) is 2.74. The maximum atomic E-state index is 11.7. The number of hydrogen-bond acceptors (Lipinski definition) is 4. The first-order valence-electron chi connectivity index (χ1n) is 5.07. The second-order valence-electron chi connectivity index (χ2n) is 4.00. The number of nitrogens with one attached hydrogen (secondary N) is 1. The first-order chi connectivity index (χ1) is 7.56. The molecule has 0 amide bonds. The van der Waals surface area contributed by atoms with Gasteiger partial charge in [0.2, 0.25) is 0 Å². The van der Waals surface area contributed by atoms with Crippen molar-refractivity contribution >= 4 is 5.97 Å². The van der Waals surface area contributed by atoms with Crippen LogP contribution in [0.4, 0.5) is 0 Å². The minimum atomic E-state index is -0.990. The molecule has 6 nitrogen and oxygen atoms in total. The summed E-state index contributed by atoms with van der Waals surface area (Å²) in [4.78, 5) is 31.0. The van der Waals surface area contributed by atoms with Crippen LogP contribution in [0.5, 0.6) is 0 Å². The van der Waals surface area contributed by atoms with E-state index in [0.717, 1.165) is 12.2 Å². The van der Waals surface area contributed by atoms with E-state index in [1.807, 2.05) is 11.9 Å². The van der Waals surface area contributed by atoms with E-state index in [4.69, 9.17) is 5.11 Å². The van der Waals surface area contributed by atoms with Gasteiger partial charge in [-0.1, -0.05) is 0 Å². The number of carbonyl (C=O) groups is 1. The quantitative estimate of drug-likeness (QED) is 0.698. The van der Waals surface area contributed by atoms with Crippen molar-refractivity contribution in [3.8, 4) is 0 Å². The Morgan fingerprint density at radius 1 is 1.62 bits per heavy atom. The molecule has 1 aliphatic heterocycles. The van der Waals surface area contributed by atoms with Crippen LogP contribution < -0.4 is 5.56 Å². The fourth-order valence-electron chi connectivity index (χ4n) is 1.84. The number of H-pyrrole nitrogens is 1. The number of aromatic nitrogens is 2. The van der Waals surface area contributed by atoms with Crippen molar-refractivity contribution in [2.75, 3.05) is 13.6 Å². The summed E-state index contributed by atoms with van der Waals surface area (Å²) in [5.74, 6) is -0.753. The summed E-state index contributed by atoms with van der Waals surface area (Å²) in [6.45, 7) is 1.42. The molecular weight excluding hydrogens is 210 g/mol. The van der Waals surface area contributed by atoms with Gasteiger partial charge in [0, 0.05) is 19.5 Å². The molecule has 1 aliphatic rings. The van der Waals surface area contributed by atoms with E-state index in [1.54, 1.807) is 0 Å². The molecule has 0 bridgehead atoms. The first kappa shape index (κ1) is 10.8. The lowest BCUT2D eigenvalue weighted by Gasteiger charge is -2.23. The van der Waals surface area contributed by atoms with E-state index in [1.165, 1.54) is 0 Å². The van der Waals surface area contributed by atoms with Crippen molar-refractivity contribution in [3.63, 3.8) is 0 Å². The van der Waals surface area contributed by atoms with Crippen LogP contribution in [-0.4, -0.2) is 39.5 Å². The summed E-state index contributed by atoms with van der Waals surface area (Å²) in [6, 6.07) is 0. The number of nitrogens with zero attached hydrogens (tertiary/aromatic N) is 2. The molecule has 0 aliphatic carbocycles. The predicted molar refractivity (Wildman–Crippen MR) is 56.2 cm³/mol. The maximum absolute atomic E-state index is 11.7. The molecule has 0 spiro atoms. The molecule has 16 heavy (non-hydrogen) atoms. The second kappa shape index (κ2) is 4.05. The highest BCUT2D eigenvalue weighted by Crippen LogP contribution is 2.11. The number of carboxylic acid groups (broad SMARTS) is 1. The van der Waals surface area contributed by atoms with Gasteiger partial charge in [-0.3, -0.25) is 9.59 Å². The second-order valence-corrected chi connectivity index (χ2v) is 4.00. The van der Waals surface area contributed by atoms with Crippen molar-refractivity contribution in [1.82, 2.24) is 14.9 Å². The highest BCUT2D eigenvalue weighted by Gasteiger charge is 2.19. The Bertz CT molecular complexity index is 481. The zero-order chi connectivity index (χ0) is 11.7. The molecule has 0 aromatic carbocycles. The van der Waals surface area contributed by atoms with Crippen molar-refractivity contribution in [1.29, 1.82) is 0 Å². The number of carboxylic acids is 1. The molecule has 86 valence electrons. The number of aliphatic carboxylic acids is 1. The third-order valence-electron chi connectivity index (χ3n) is 2.63. The van der Waals surface area contributed by atoms with Crippen LogP contribution in [0, 0.1) is 0 Å². The van der Waals surface area contributed by atoms with Gasteiger partial charge in [-0.05, 0) is 7.05 Å². The third kappa shape index (κ3) is 2.11. The number of likely N-dealkylation sites (N-methyl/N-ethyl adjacent to an activating group) is 1. The molecule has 0 radical (unpaired) electrons. The minimum absolute atomic E-state index is 0.215. The first-order valence-corrected chi connectivity index (χ1v) is 5.07. The van der Waals surface area contributed by atoms with Gasteiger partial charge in [-0.2, -0.15) is 0 Å². The van der Waals surface area contributed by atoms with Crippen LogP contribution in [0.2, 0.25) is 0 Å². The molecule has 6 heteroatoms.